The van der Waals surface area contributed by atoms with Crippen molar-refractivity contribution in [1.29, 1.82) is 0 Å². The number of amides is 1. The smallest absolute Gasteiger partial charge is 0.275 e. The average molecular weight is 294 g/mol. The number of carbonyl (C=O) groups is 1. The van der Waals surface area contributed by atoms with Crippen LogP contribution in [0.4, 0.5) is 11.4 Å². The fraction of sp³-hybridized carbons (Fsp3) is 0.0625. The summed E-state index contributed by atoms with van der Waals surface area (Å²) < 4.78 is 1.14. The number of aromatic nitrogens is 2. The lowest BCUT2D eigenvalue weighted by Gasteiger charge is -2.08. The number of nitrogens with one attached hydrogen (secondary N) is 1. The Hall–Kier alpha value is -3.15. The molecule has 0 unspecified atom stereocenters. The first-order valence-corrected chi connectivity index (χ1v) is 6.74. The van der Waals surface area contributed by atoms with E-state index in [1.807, 2.05) is 6.07 Å². The van der Waals surface area contributed by atoms with E-state index in [0.29, 0.717) is 16.8 Å². The third-order valence-electron chi connectivity index (χ3n) is 3.23. The molecule has 1 amide bonds. The quantitative estimate of drug-likeness (QED) is 0.718. The van der Waals surface area contributed by atoms with Crippen molar-refractivity contribution in [2.45, 2.75) is 6.54 Å². The standard InChI is InChI=1S/C16H14N4O2/c17-12-5-3-6-13(8-12)19-15(21)10-20-16(22)14-7-2-1-4-11(14)9-18-20/h1-9H,10,17H2,(H,19,21). The summed E-state index contributed by atoms with van der Waals surface area (Å²) in [6.07, 6.45) is 1.57. The van der Waals surface area contributed by atoms with E-state index in [2.05, 4.69) is 10.4 Å². The van der Waals surface area contributed by atoms with Crippen LogP contribution in [0.5, 0.6) is 0 Å². The van der Waals surface area contributed by atoms with Gasteiger partial charge in [0.25, 0.3) is 5.56 Å². The Balaban J connectivity index is 1.82. The summed E-state index contributed by atoms with van der Waals surface area (Å²) in [6, 6.07) is 14.0. The molecule has 0 atom stereocenters. The number of benzene rings is 2. The van der Waals surface area contributed by atoms with Gasteiger partial charge >= 0.3 is 0 Å². The van der Waals surface area contributed by atoms with Gasteiger partial charge in [-0.15, -0.1) is 0 Å². The van der Waals surface area contributed by atoms with Crippen molar-refractivity contribution in [3.63, 3.8) is 0 Å². The van der Waals surface area contributed by atoms with Crippen molar-refractivity contribution in [2.75, 3.05) is 11.1 Å². The molecular weight excluding hydrogens is 280 g/mol. The van der Waals surface area contributed by atoms with E-state index in [4.69, 9.17) is 5.73 Å². The maximum Gasteiger partial charge on any atom is 0.275 e. The molecule has 0 aliphatic heterocycles. The molecule has 1 aromatic heterocycles. The van der Waals surface area contributed by atoms with Crippen LogP contribution in [0.3, 0.4) is 0 Å². The number of hydrogen-bond donors (Lipinski definition) is 2. The summed E-state index contributed by atoms with van der Waals surface area (Å²) in [5, 5.41) is 8.00. The molecule has 3 rings (SSSR count). The Morgan fingerprint density at radius 2 is 2.00 bits per heavy atom. The van der Waals surface area contributed by atoms with E-state index >= 15 is 0 Å². The minimum absolute atomic E-state index is 0.154. The van der Waals surface area contributed by atoms with Gasteiger partial charge in [-0.05, 0) is 24.3 Å². The Bertz CT molecular complexity index is 902. The number of rotatable bonds is 3. The van der Waals surface area contributed by atoms with E-state index in [-0.39, 0.29) is 18.0 Å². The summed E-state index contributed by atoms with van der Waals surface area (Å²) in [7, 11) is 0. The molecule has 0 saturated carbocycles. The number of nitrogens with two attached hydrogens (primary N) is 1. The highest BCUT2D eigenvalue weighted by Gasteiger charge is 2.08. The largest absolute Gasteiger partial charge is 0.399 e. The molecule has 6 heteroatoms. The van der Waals surface area contributed by atoms with Crippen LogP contribution < -0.4 is 16.6 Å². The van der Waals surface area contributed by atoms with E-state index in [1.54, 1.807) is 48.7 Å². The summed E-state index contributed by atoms with van der Waals surface area (Å²) in [5.41, 5.74) is 6.50. The van der Waals surface area contributed by atoms with Crippen LogP contribution in [0, 0.1) is 0 Å². The van der Waals surface area contributed by atoms with E-state index in [0.717, 1.165) is 10.1 Å². The SMILES string of the molecule is Nc1cccc(NC(=O)Cn2ncc3ccccc3c2=O)c1. The highest BCUT2D eigenvalue weighted by molar-refractivity contribution is 5.91. The minimum atomic E-state index is -0.338. The van der Waals surface area contributed by atoms with Crippen molar-refractivity contribution in [2.24, 2.45) is 0 Å². The van der Waals surface area contributed by atoms with Crippen LogP contribution in [-0.2, 0) is 11.3 Å². The Morgan fingerprint density at radius 3 is 2.82 bits per heavy atom. The number of fused-ring (bicyclic) bond motifs is 1. The first-order valence-electron chi connectivity index (χ1n) is 6.74. The monoisotopic (exact) mass is 294 g/mol. The predicted octanol–water partition coefficient (Wildman–Crippen LogP) is 1.62. The van der Waals surface area contributed by atoms with E-state index in [9.17, 15) is 9.59 Å². The molecular formula is C16H14N4O2. The van der Waals surface area contributed by atoms with E-state index in [1.165, 1.54) is 0 Å². The lowest BCUT2D eigenvalue weighted by Crippen LogP contribution is -2.29. The normalized spacial score (nSPS) is 10.5. The molecule has 0 aliphatic carbocycles. The fourth-order valence-corrected chi connectivity index (χ4v) is 2.19. The lowest BCUT2D eigenvalue weighted by molar-refractivity contribution is -0.117. The van der Waals surface area contributed by atoms with Gasteiger partial charge in [0.2, 0.25) is 5.91 Å². The zero-order valence-corrected chi connectivity index (χ0v) is 11.7. The molecule has 3 N–H and O–H groups in total. The van der Waals surface area contributed by atoms with Crippen LogP contribution in [0.15, 0.2) is 59.5 Å². The maximum absolute atomic E-state index is 12.3. The van der Waals surface area contributed by atoms with Crippen LogP contribution in [-0.4, -0.2) is 15.7 Å². The second-order valence-electron chi connectivity index (χ2n) is 4.87. The Morgan fingerprint density at radius 1 is 1.18 bits per heavy atom. The molecule has 6 nitrogen and oxygen atoms in total. The summed E-state index contributed by atoms with van der Waals surface area (Å²) in [6.45, 7) is -0.154. The highest BCUT2D eigenvalue weighted by Crippen LogP contribution is 2.11. The second kappa shape index (κ2) is 5.69. The summed E-state index contributed by atoms with van der Waals surface area (Å²) >= 11 is 0. The summed E-state index contributed by atoms with van der Waals surface area (Å²) in [5.74, 6) is -0.338. The van der Waals surface area contributed by atoms with Crippen molar-refractivity contribution in [3.8, 4) is 0 Å². The number of nitrogens with zero attached hydrogens (tertiary/aromatic N) is 2. The molecule has 0 radical (unpaired) electrons. The Kier molecular flexibility index (Phi) is 3.57. The molecule has 2 aromatic carbocycles. The van der Waals surface area contributed by atoms with Crippen LogP contribution in [0.25, 0.3) is 10.8 Å². The van der Waals surface area contributed by atoms with Gasteiger partial charge in [0.05, 0.1) is 11.6 Å². The molecule has 0 bridgehead atoms. The second-order valence-corrected chi connectivity index (χ2v) is 4.87. The van der Waals surface area contributed by atoms with Crippen molar-refractivity contribution in [3.05, 3.63) is 65.1 Å². The van der Waals surface area contributed by atoms with Gasteiger partial charge in [-0.1, -0.05) is 24.3 Å². The number of nitrogen functional groups attached to an aromatic ring is 1. The lowest BCUT2D eigenvalue weighted by atomic mass is 10.2. The van der Waals surface area contributed by atoms with Gasteiger partial charge in [0.15, 0.2) is 0 Å². The minimum Gasteiger partial charge on any atom is -0.399 e. The number of hydrogen-bond acceptors (Lipinski definition) is 4. The van der Waals surface area contributed by atoms with E-state index < -0.39 is 0 Å². The molecule has 0 spiro atoms. The fourth-order valence-electron chi connectivity index (χ4n) is 2.19. The molecule has 0 aliphatic rings. The molecule has 1 heterocycles. The van der Waals surface area contributed by atoms with Gasteiger partial charge < -0.3 is 11.1 Å². The topological polar surface area (TPSA) is 90.0 Å². The van der Waals surface area contributed by atoms with Crippen molar-refractivity contribution < 1.29 is 4.79 Å². The molecule has 3 aromatic rings. The van der Waals surface area contributed by atoms with Crippen molar-refractivity contribution >= 4 is 28.1 Å². The maximum atomic E-state index is 12.3. The zero-order chi connectivity index (χ0) is 15.5. The van der Waals surface area contributed by atoms with Gasteiger partial charge in [-0.3, -0.25) is 9.59 Å². The van der Waals surface area contributed by atoms with Crippen LogP contribution in [0.1, 0.15) is 0 Å². The highest BCUT2D eigenvalue weighted by atomic mass is 16.2. The molecule has 0 fully saturated rings. The van der Waals surface area contributed by atoms with Gasteiger partial charge in [0, 0.05) is 16.8 Å². The molecule has 22 heavy (non-hydrogen) atoms. The Labute approximate surface area is 126 Å². The summed E-state index contributed by atoms with van der Waals surface area (Å²) in [4.78, 5) is 24.3. The van der Waals surface area contributed by atoms with Crippen molar-refractivity contribution in [1.82, 2.24) is 9.78 Å². The molecule has 110 valence electrons. The predicted molar refractivity (Wildman–Crippen MR) is 85.5 cm³/mol. The van der Waals surface area contributed by atoms with Gasteiger partial charge in [-0.25, -0.2) is 4.68 Å². The van der Waals surface area contributed by atoms with Gasteiger partial charge in [-0.2, -0.15) is 5.10 Å². The average Bonchev–Trinajstić information content (AvgIpc) is 2.50. The number of anilines is 2. The first-order chi connectivity index (χ1) is 10.6. The first kappa shape index (κ1) is 13.8. The van der Waals surface area contributed by atoms with Gasteiger partial charge in [0.1, 0.15) is 6.54 Å². The zero-order valence-electron chi connectivity index (χ0n) is 11.7. The third kappa shape index (κ3) is 2.80. The number of carbonyl (C=O) groups excluding carboxylic acids is 1. The molecule has 0 saturated heterocycles. The van der Waals surface area contributed by atoms with Crippen LogP contribution in [0.2, 0.25) is 0 Å². The van der Waals surface area contributed by atoms with Crippen LogP contribution >= 0.6 is 0 Å². The third-order valence-corrected chi connectivity index (χ3v) is 3.23.